The van der Waals surface area contributed by atoms with Crippen LogP contribution in [0.5, 0.6) is 5.75 Å². The van der Waals surface area contributed by atoms with E-state index in [0.717, 1.165) is 5.01 Å². The van der Waals surface area contributed by atoms with Crippen LogP contribution in [0.2, 0.25) is 0 Å². The lowest BCUT2D eigenvalue weighted by Gasteiger charge is -2.15. The van der Waals surface area contributed by atoms with Crippen LogP contribution in [0, 0.1) is 0 Å². The minimum absolute atomic E-state index is 0.154. The summed E-state index contributed by atoms with van der Waals surface area (Å²) < 4.78 is 5.46. The number of rotatable bonds is 5. The third-order valence-corrected chi connectivity index (χ3v) is 3.71. The summed E-state index contributed by atoms with van der Waals surface area (Å²) in [5, 5.41) is 5.64. The number of thiazole rings is 1. The fraction of sp³-hybridized carbons (Fsp3) is 0.286. The summed E-state index contributed by atoms with van der Waals surface area (Å²) in [7, 11) is 0. The summed E-state index contributed by atoms with van der Waals surface area (Å²) in [5.41, 5.74) is 6.76. The quantitative estimate of drug-likeness (QED) is 0.830. The van der Waals surface area contributed by atoms with E-state index in [1.807, 2.05) is 19.2 Å². The van der Waals surface area contributed by atoms with Crippen LogP contribution < -0.4 is 15.8 Å². The van der Waals surface area contributed by atoms with Gasteiger partial charge in [-0.05, 0) is 26.0 Å². The minimum Gasteiger partial charge on any atom is -0.491 e. The van der Waals surface area contributed by atoms with Gasteiger partial charge in [-0.15, -0.1) is 11.3 Å². The van der Waals surface area contributed by atoms with Gasteiger partial charge in [0.15, 0.2) is 5.75 Å². The Morgan fingerprint density at radius 2 is 2.35 bits per heavy atom. The molecule has 1 heterocycles. The molecule has 2 rings (SSSR count). The van der Waals surface area contributed by atoms with Crippen molar-refractivity contribution in [2.45, 2.75) is 19.9 Å². The fourth-order valence-electron chi connectivity index (χ4n) is 1.82. The number of anilines is 1. The summed E-state index contributed by atoms with van der Waals surface area (Å²) in [6, 6.07) is 5.00. The van der Waals surface area contributed by atoms with Crippen LogP contribution in [-0.4, -0.2) is 17.5 Å². The molecule has 0 spiro atoms. The molecule has 1 unspecified atom stereocenters. The highest BCUT2D eigenvalue weighted by molar-refractivity contribution is 7.09. The number of para-hydroxylation sites is 1. The van der Waals surface area contributed by atoms with E-state index in [4.69, 9.17) is 10.5 Å². The Morgan fingerprint density at radius 3 is 3.00 bits per heavy atom. The maximum Gasteiger partial charge on any atom is 0.255 e. The Balaban J connectivity index is 2.19. The number of ether oxygens (including phenoxy) is 1. The molecule has 106 valence electrons. The van der Waals surface area contributed by atoms with Crippen LogP contribution in [-0.2, 0) is 0 Å². The van der Waals surface area contributed by atoms with Gasteiger partial charge >= 0.3 is 0 Å². The van der Waals surface area contributed by atoms with E-state index in [1.54, 1.807) is 24.4 Å². The molecule has 0 radical (unpaired) electrons. The summed E-state index contributed by atoms with van der Waals surface area (Å²) in [6.45, 7) is 4.20. The number of hydrogen-bond acceptors (Lipinski definition) is 5. The van der Waals surface area contributed by atoms with Gasteiger partial charge in [0.2, 0.25) is 0 Å². The minimum atomic E-state index is -0.219. The summed E-state index contributed by atoms with van der Waals surface area (Å²) in [5.74, 6) is 0.210. The van der Waals surface area contributed by atoms with E-state index < -0.39 is 0 Å². The van der Waals surface area contributed by atoms with Crippen molar-refractivity contribution in [3.05, 3.63) is 40.3 Å². The van der Waals surface area contributed by atoms with Crippen LogP contribution >= 0.6 is 11.3 Å². The molecular weight excluding hydrogens is 274 g/mol. The SMILES string of the molecule is CCOc1c(N)cccc1C(=O)NC(C)c1nccs1. The molecule has 1 amide bonds. The number of aromatic nitrogens is 1. The highest BCUT2D eigenvalue weighted by Gasteiger charge is 2.18. The van der Waals surface area contributed by atoms with Crippen molar-refractivity contribution in [1.82, 2.24) is 10.3 Å². The molecule has 2 aromatic rings. The first kappa shape index (κ1) is 14.3. The summed E-state index contributed by atoms with van der Waals surface area (Å²) >= 11 is 1.50. The summed E-state index contributed by atoms with van der Waals surface area (Å²) in [4.78, 5) is 16.5. The van der Waals surface area contributed by atoms with Crippen molar-refractivity contribution in [2.24, 2.45) is 0 Å². The molecular formula is C14H17N3O2S. The topological polar surface area (TPSA) is 77.2 Å². The average molecular weight is 291 g/mol. The smallest absolute Gasteiger partial charge is 0.255 e. The van der Waals surface area contributed by atoms with Crippen LogP contribution in [0.1, 0.15) is 35.3 Å². The normalized spacial score (nSPS) is 11.9. The number of nitrogens with one attached hydrogen (secondary N) is 1. The predicted octanol–water partition coefficient (Wildman–Crippen LogP) is 2.62. The van der Waals surface area contributed by atoms with Crippen molar-refractivity contribution >= 4 is 22.9 Å². The molecule has 0 saturated heterocycles. The lowest BCUT2D eigenvalue weighted by molar-refractivity contribution is 0.0936. The maximum absolute atomic E-state index is 12.3. The lowest BCUT2D eigenvalue weighted by atomic mass is 10.1. The van der Waals surface area contributed by atoms with Gasteiger partial charge in [0.1, 0.15) is 5.01 Å². The van der Waals surface area contributed by atoms with Gasteiger partial charge in [0, 0.05) is 11.6 Å². The summed E-state index contributed by atoms with van der Waals surface area (Å²) in [6.07, 6.45) is 1.72. The Kier molecular flexibility index (Phi) is 4.57. The van der Waals surface area contributed by atoms with Gasteiger partial charge in [-0.25, -0.2) is 4.98 Å². The van der Waals surface area contributed by atoms with Crippen molar-refractivity contribution < 1.29 is 9.53 Å². The van der Waals surface area contributed by atoms with E-state index in [-0.39, 0.29) is 11.9 Å². The van der Waals surface area contributed by atoms with Crippen LogP contribution in [0.3, 0.4) is 0 Å². The second-order valence-corrected chi connectivity index (χ2v) is 5.15. The highest BCUT2D eigenvalue weighted by Crippen LogP contribution is 2.27. The Bertz CT molecular complexity index is 584. The number of amides is 1. The molecule has 0 aliphatic carbocycles. The Labute approximate surface area is 121 Å². The van der Waals surface area contributed by atoms with Crippen molar-refractivity contribution in [1.29, 1.82) is 0 Å². The third kappa shape index (κ3) is 3.08. The molecule has 0 saturated carbocycles. The molecule has 5 nitrogen and oxygen atoms in total. The first-order chi connectivity index (χ1) is 9.63. The van der Waals surface area contributed by atoms with E-state index in [2.05, 4.69) is 10.3 Å². The van der Waals surface area contributed by atoms with E-state index >= 15 is 0 Å². The zero-order valence-electron chi connectivity index (χ0n) is 11.4. The largest absolute Gasteiger partial charge is 0.491 e. The molecule has 0 bridgehead atoms. The van der Waals surface area contributed by atoms with Gasteiger partial charge in [-0.2, -0.15) is 0 Å². The van der Waals surface area contributed by atoms with E-state index in [1.165, 1.54) is 11.3 Å². The van der Waals surface area contributed by atoms with Gasteiger partial charge in [0.05, 0.1) is 23.9 Å². The van der Waals surface area contributed by atoms with Crippen molar-refractivity contribution in [2.75, 3.05) is 12.3 Å². The van der Waals surface area contributed by atoms with Gasteiger partial charge in [-0.1, -0.05) is 6.07 Å². The monoisotopic (exact) mass is 291 g/mol. The number of hydrogen-bond donors (Lipinski definition) is 2. The number of nitrogen functional groups attached to an aromatic ring is 1. The number of carbonyl (C=O) groups excluding carboxylic acids is 1. The molecule has 0 aliphatic rings. The predicted molar refractivity (Wildman–Crippen MR) is 80.0 cm³/mol. The van der Waals surface area contributed by atoms with Crippen LogP contribution in [0.25, 0.3) is 0 Å². The van der Waals surface area contributed by atoms with Crippen LogP contribution in [0.15, 0.2) is 29.8 Å². The van der Waals surface area contributed by atoms with Gasteiger partial charge in [-0.3, -0.25) is 4.79 Å². The Hall–Kier alpha value is -2.08. The molecule has 0 fully saturated rings. The first-order valence-electron chi connectivity index (χ1n) is 6.35. The van der Waals surface area contributed by atoms with Crippen molar-refractivity contribution in [3.8, 4) is 5.75 Å². The maximum atomic E-state index is 12.3. The number of nitrogens with two attached hydrogens (primary N) is 1. The Morgan fingerprint density at radius 1 is 1.55 bits per heavy atom. The number of benzene rings is 1. The van der Waals surface area contributed by atoms with Gasteiger partial charge in [0.25, 0.3) is 5.91 Å². The highest BCUT2D eigenvalue weighted by atomic mass is 32.1. The first-order valence-corrected chi connectivity index (χ1v) is 7.23. The zero-order valence-corrected chi connectivity index (χ0v) is 12.2. The zero-order chi connectivity index (χ0) is 14.5. The second kappa shape index (κ2) is 6.38. The molecule has 20 heavy (non-hydrogen) atoms. The second-order valence-electron chi connectivity index (χ2n) is 4.22. The van der Waals surface area contributed by atoms with E-state index in [9.17, 15) is 4.79 Å². The van der Waals surface area contributed by atoms with Crippen molar-refractivity contribution in [3.63, 3.8) is 0 Å². The fourth-order valence-corrected chi connectivity index (χ4v) is 2.47. The van der Waals surface area contributed by atoms with E-state index in [0.29, 0.717) is 23.6 Å². The number of carbonyl (C=O) groups is 1. The molecule has 0 aliphatic heterocycles. The van der Waals surface area contributed by atoms with Gasteiger partial charge < -0.3 is 15.8 Å². The molecule has 1 atom stereocenters. The molecule has 3 N–H and O–H groups in total. The standard InChI is InChI=1S/C14H17N3O2S/c1-3-19-12-10(5-4-6-11(12)15)13(18)17-9(2)14-16-7-8-20-14/h4-9H,3,15H2,1-2H3,(H,17,18). The molecule has 6 heteroatoms. The molecule has 1 aromatic heterocycles. The number of nitrogens with zero attached hydrogens (tertiary/aromatic N) is 1. The lowest BCUT2D eigenvalue weighted by Crippen LogP contribution is -2.27. The average Bonchev–Trinajstić information content (AvgIpc) is 2.95. The molecule has 1 aromatic carbocycles. The van der Waals surface area contributed by atoms with Crippen LogP contribution in [0.4, 0.5) is 5.69 Å². The third-order valence-electron chi connectivity index (χ3n) is 2.75.